The van der Waals surface area contributed by atoms with Crippen molar-refractivity contribution in [2.45, 2.75) is 56.2 Å². The van der Waals surface area contributed by atoms with E-state index in [1.165, 1.54) is 12.8 Å². The zero-order valence-electron chi connectivity index (χ0n) is 15.6. The molecular weight excluding hydrogens is 342 g/mol. The number of rotatable bonds is 1. The highest BCUT2D eigenvalue weighted by atomic mass is 16.5. The summed E-state index contributed by atoms with van der Waals surface area (Å²) in [6.45, 7) is 1.98. The maximum Gasteiger partial charge on any atom is 0.255 e. The van der Waals surface area contributed by atoms with Crippen molar-refractivity contribution in [3.05, 3.63) is 29.8 Å². The summed E-state index contributed by atoms with van der Waals surface area (Å²) in [7, 11) is 0. The topological polar surface area (TPSA) is 70.7 Å². The molecule has 144 valence electrons. The van der Waals surface area contributed by atoms with Crippen LogP contribution < -0.4 is 10.6 Å². The number of para-hydroxylation sites is 1. The molecule has 1 atom stereocenters. The van der Waals surface area contributed by atoms with Gasteiger partial charge in [-0.25, -0.2) is 0 Å². The molecular formula is C21H27N3O3. The molecule has 0 bridgehead atoms. The highest BCUT2D eigenvalue weighted by molar-refractivity contribution is 6.02. The van der Waals surface area contributed by atoms with Gasteiger partial charge in [0.2, 0.25) is 5.91 Å². The summed E-state index contributed by atoms with van der Waals surface area (Å²) < 4.78 is 6.28. The minimum atomic E-state index is -0.539. The molecule has 2 N–H and O–H groups in total. The van der Waals surface area contributed by atoms with Gasteiger partial charge in [0.15, 0.2) is 0 Å². The van der Waals surface area contributed by atoms with Gasteiger partial charge in [0, 0.05) is 31.1 Å². The van der Waals surface area contributed by atoms with Crippen LogP contribution in [0.25, 0.3) is 0 Å². The van der Waals surface area contributed by atoms with Crippen molar-refractivity contribution in [2.24, 2.45) is 5.92 Å². The number of amides is 2. The van der Waals surface area contributed by atoms with E-state index in [0.717, 1.165) is 50.9 Å². The molecule has 27 heavy (non-hydrogen) atoms. The van der Waals surface area contributed by atoms with Crippen LogP contribution in [0.5, 0.6) is 0 Å². The summed E-state index contributed by atoms with van der Waals surface area (Å²) >= 11 is 0. The summed E-state index contributed by atoms with van der Waals surface area (Å²) in [6.07, 6.45) is 6.90. The largest absolute Gasteiger partial charge is 0.370 e. The van der Waals surface area contributed by atoms with Gasteiger partial charge in [-0.2, -0.15) is 0 Å². The van der Waals surface area contributed by atoms with Crippen molar-refractivity contribution in [3.8, 4) is 0 Å². The molecule has 2 saturated heterocycles. The number of benzene rings is 1. The van der Waals surface area contributed by atoms with E-state index < -0.39 is 5.66 Å². The highest BCUT2D eigenvalue weighted by Crippen LogP contribution is 2.43. The zero-order valence-corrected chi connectivity index (χ0v) is 15.6. The standard InChI is InChI=1S/C21H27N3O3/c25-18-16-7-3-4-8-17(16)22-21(23-18)13-20(27-14-21)9-11-24(12-10-20)19(26)15-5-1-2-6-15/h3-4,7-8,15,22H,1-2,5-6,9-14H2,(H,23,25)/t21-/m0/s1. The number of hydrogen-bond acceptors (Lipinski definition) is 4. The summed E-state index contributed by atoms with van der Waals surface area (Å²) in [4.78, 5) is 27.3. The summed E-state index contributed by atoms with van der Waals surface area (Å²) in [6, 6.07) is 7.60. The molecule has 1 aliphatic carbocycles. The first-order chi connectivity index (χ1) is 13.1. The number of fused-ring (bicyclic) bond motifs is 1. The van der Waals surface area contributed by atoms with Crippen LogP contribution in [0, 0.1) is 5.92 Å². The first kappa shape index (κ1) is 17.0. The Kier molecular flexibility index (Phi) is 3.93. The van der Waals surface area contributed by atoms with Gasteiger partial charge in [-0.3, -0.25) is 9.59 Å². The molecule has 6 nitrogen and oxygen atoms in total. The van der Waals surface area contributed by atoms with Crippen LogP contribution in [0.4, 0.5) is 5.69 Å². The quantitative estimate of drug-likeness (QED) is 0.798. The fraction of sp³-hybridized carbons (Fsp3) is 0.619. The maximum atomic E-state index is 12.7. The van der Waals surface area contributed by atoms with Gasteiger partial charge in [-0.1, -0.05) is 25.0 Å². The lowest BCUT2D eigenvalue weighted by atomic mass is 9.84. The molecule has 1 aromatic carbocycles. The molecule has 5 rings (SSSR count). The fourth-order valence-corrected chi connectivity index (χ4v) is 5.34. The predicted octanol–water partition coefficient (Wildman–Crippen LogP) is 2.51. The van der Waals surface area contributed by atoms with Gasteiger partial charge in [0.25, 0.3) is 5.91 Å². The molecule has 0 radical (unpaired) electrons. The Labute approximate surface area is 159 Å². The summed E-state index contributed by atoms with van der Waals surface area (Å²) in [5.41, 5.74) is 0.763. The van der Waals surface area contributed by atoms with Gasteiger partial charge in [-0.15, -0.1) is 0 Å². The van der Waals surface area contributed by atoms with Gasteiger partial charge in [-0.05, 0) is 37.8 Å². The van der Waals surface area contributed by atoms with E-state index in [0.29, 0.717) is 18.1 Å². The minimum Gasteiger partial charge on any atom is -0.370 e. The van der Waals surface area contributed by atoms with E-state index in [1.807, 2.05) is 29.2 Å². The van der Waals surface area contributed by atoms with Crippen LogP contribution in [-0.4, -0.2) is 47.7 Å². The number of likely N-dealkylation sites (tertiary alicyclic amines) is 1. The maximum absolute atomic E-state index is 12.7. The number of hydrogen-bond donors (Lipinski definition) is 2. The van der Waals surface area contributed by atoms with Crippen molar-refractivity contribution in [3.63, 3.8) is 0 Å². The van der Waals surface area contributed by atoms with Crippen molar-refractivity contribution in [1.29, 1.82) is 0 Å². The Morgan fingerprint density at radius 1 is 1.11 bits per heavy atom. The number of piperidine rings is 1. The molecule has 3 heterocycles. The Balaban J connectivity index is 1.26. The lowest BCUT2D eigenvalue weighted by Gasteiger charge is -2.41. The third kappa shape index (κ3) is 2.90. The van der Waals surface area contributed by atoms with Crippen LogP contribution >= 0.6 is 0 Å². The molecule has 3 aliphatic heterocycles. The Hall–Kier alpha value is -2.08. The van der Waals surface area contributed by atoms with Crippen LogP contribution in [-0.2, 0) is 9.53 Å². The molecule has 0 aromatic heterocycles. The number of nitrogens with zero attached hydrogens (tertiary/aromatic N) is 1. The third-order valence-corrected chi connectivity index (χ3v) is 6.84. The zero-order chi connectivity index (χ0) is 18.5. The number of nitrogens with one attached hydrogen (secondary N) is 2. The Morgan fingerprint density at radius 2 is 1.85 bits per heavy atom. The second kappa shape index (κ2) is 6.23. The molecule has 3 fully saturated rings. The van der Waals surface area contributed by atoms with Crippen LogP contribution in [0.1, 0.15) is 55.3 Å². The van der Waals surface area contributed by atoms with Gasteiger partial charge < -0.3 is 20.3 Å². The van der Waals surface area contributed by atoms with E-state index in [2.05, 4.69) is 10.6 Å². The van der Waals surface area contributed by atoms with Gasteiger partial charge in [0.1, 0.15) is 5.66 Å². The van der Waals surface area contributed by atoms with Gasteiger partial charge in [0.05, 0.1) is 17.8 Å². The van der Waals surface area contributed by atoms with Crippen molar-refractivity contribution in [1.82, 2.24) is 10.2 Å². The normalized spacial score (nSPS) is 29.6. The molecule has 2 amide bonds. The van der Waals surface area contributed by atoms with Crippen LogP contribution in [0.15, 0.2) is 24.3 Å². The SMILES string of the molecule is O=C1N[C@@]2(COC3(CCN(C(=O)C4CCCC4)CC3)C2)Nc2ccccc21. The van der Waals surface area contributed by atoms with Crippen molar-refractivity contribution < 1.29 is 14.3 Å². The first-order valence-electron chi connectivity index (χ1n) is 10.2. The van der Waals surface area contributed by atoms with E-state index in [-0.39, 0.29) is 17.4 Å². The summed E-state index contributed by atoms with van der Waals surface area (Å²) in [5.74, 6) is 0.539. The van der Waals surface area contributed by atoms with Gasteiger partial charge >= 0.3 is 0 Å². The lowest BCUT2D eigenvalue weighted by molar-refractivity contribution is -0.140. The average molecular weight is 369 g/mol. The van der Waals surface area contributed by atoms with E-state index in [9.17, 15) is 9.59 Å². The number of carbonyl (C=O) groups excluding carboxylic acids is 2. The minimum absolute atomic E-state index is 0.0427. The van der Waals surface area contributed by atoms with E-state index in [4.69, 9.17) is 4.74 Å². The number of carbonyl (C=O) groups is 2. The predicted molar refractivity (Wildman–Crippen MR) is 101 cm³/mol. The molecule has 6 heteroatoms. The molecule has 1 saturated carbocycles. The second-order valence-corrected chi connectivity index (χ2v) is 8.66. The van der Waals surface area contributed by atoms with E-state index in [1.54, 1.807) is 0 Å². The summed E-state index contributed by atoms with van der Waals surface area (Å²) in [5, 5.41) is 6.66. The highest BCUT2D eigenvalue weighted by Gasteiger charge is 2.53. The lowest BCUT2D eigenvalue weighted by Crippen LogP contribution is -2.59. The Bertz CT molecular complexity index is 766. The van der Waals surface area contributed by atoms with Crippen molar-refractivity contribution >= 4 is 17.5 Å². The Morgan fingerprint density at radius 3 is 2.63 bits per heavy atom. The van der Waals surface area contributed by atoms with Crippen LogP contribution in [0.3, 0.4) is 0 Å². The third-order valence-electron chi connectivity index (χ3n) is 6.84. The fourth-order valence-electron chi connectivity index (χ4n) is 5.34. The number of anilines is 1. The number of ether oxygens (including phenoxy) is 1. The van der Waals surface area contributed by atoms with E-state index >= 15 is 0 Å². The molecule has 4 aliphatic rings. The molecule has 0 unspecified atom stereocenters. The average Bonchev–Trinajstić information content (AvgIpc) is 3.31. The smallest absolute Gasteiger partial charge is 0.255 e. The van der Waals surface area contributed by atoms with Crippen molar-refractivity contribution in [2.75, 3.05) is 25.0 Å². The monoisotopic (exact) mass is 369 g/mol. The molecule has 2 spiro atoms. The molecule has 1 aromatic rings. The second-order valence-electron chi connectivity index (χ2n) is 8.66. The first-order valence-corrected chi connectivity index (χ1v) is 10.2. The van der Waals surface area contributed by atoms with Crippen LogP contribution in [0.2, 0.25) is 0 Å².